The van der Waals surface area contributed by atoms with E-state index in [1.807, 2.05) is 13.8 Å². The lowest BCUT2D eigenvalue weighted by Gasteiger charge is -2.12. The van der Waals surface area contributed by atoms with Gasteiger partial charge in [-0.15, -0.1) is 0 Å². The van der Waals surface area contributed by atoms with E-state index in [2.05, 4.69) is 15.4 Å². The molecule has 162 valence electrons. The number of fused-ring (bicyclic) bond motifs is 2. The van der Waals surface area contributed by atoms with Crippen molar-refractivity contribution in [2.45, 2.75) is 52.1 Å². The van der Waals surface area contributed by atoms with Crippen molar-refractivity contribution in [1.29, 1.82) is 0 Å². The van der Waals surface area contributed by atoms with Gasteiger partial charge in [-0.05, 0) is 44.9 Å². The third-order valence-corrected chi connectivity index (χ3v) is 5.31. The predicted octanol–water partition coefficient (Wildman–Crippen LogP) is 2.70. The molecule has 0 saturated heterocycles. The topological polar surface area (TPSA) is 108 Å². The van der Waals surface area contributed by atoms with Crippen molar-refractivity contribution < 1.29 is 14.3 Å². The molecule has 2 aromatic heterocycles. The number of benzene rings is 1. The minimum absolute atomic E-state index is 0.0806. The Kier molecular flexibility index (Phi) is 5.83. The Balaban J connectivity index is 1.47. The number of anilines is 1. The summed E-state index contributed by atoms with van der Waals surface area (Å²) in [6, 6.07) is 6.44. The molecule has 4 rings (SSSR count). The van der Waals surface area contributed by atoms with Gasteiger partial charge >= 0.3 is 5.97 Å². The Labute approximate surface area is 179 Å². The van der Waals surface area contributed by atoms with E-state index >= 15 is 0 Å². The summed E-state index contributed by atoms with van der Waals surface area (Å²) in [5.41, 5.74) is 0.638. The molecule has 9 nitrogen and oxygen atoms in total. The molecule has 9 heteroatoms. The first-order valence-electron chi connectivity index (χ1n) is 10.5. The van der Waals surface area contributed by atoms with Gasteiger partial charge in [0.2, 0.25) is 0 Å². The number of esters is 1. The largest absolute Gasteiger partial charge is 0.452 e. The Morgan fingerprint density at radius 1 is 1.19 bits per heavy atom. The number of ether oxygens (including phenoxy) is 1. The van der Waals surface area contributed by atoms with Crippen molar-refractivity contribution in [2.24, 2.45) is 0 Å². The second-order valence-electron chi connectivity index (χ2n) is 7.91. The van der Waals surface area contributed by atoms with Crippen LogP contribution in [0.25, 0.3) is 10.9 Å². The first-order chi connectivity index (χ1) is 14.9. The minimum atomic E-state index is -0.647. The zero-order valence-corrected chi connectivity index (χ0v) is 17.6. The van der Waals surface area contributed by atoms with Crippen molar-refractivity contribution in [3.63, 3.8) is 0 Å². The Morgan fingerprint density at radius 2 is 2.03 bits per heavy atom. The fourth-order valence-electron chi connectivity index (χ4n) is 3.76. The highest BCUT2D eigenvalue weighted by Crippen LogP contribution is 2.17. The average Bonchev–Trinajstić information content (AvgIpc) is 3.08. The summed E-state index contributed by atoms with van der Waals surface area (Å²) >= 11 is 0. The summed E-state index contributed by atoms with van der Waals surface area (Å²) in [7, 11) is 0. The number of amides is 1. The minimum Gasteiger partial charge on any atom is -0.452 e. The highest BCUT2D eigenvalue weighted by molar-refractivity contribution is 5.97. The lowest BCUT2D eigenvalue weighted by molar-refractivity contribution is -0.119. The van der Waals surface area contributed by atoms with E-state index in [0.717, 1.165) is 31.5 Å². The van der Waals surface area contributed by atoms with E-state index < -0.39 is 18.5 Å². The lowest BCUT2D eigenvalue weighted by Crippen LogP contribution is -2.25. The normalized spacial score (nSPS) is 13.6. The van der Waals surface area contributed by atoms with Crippen LogP contribution in [0, 0.1) is 0 Å². The third-order valence-electron chi connectivity index (χ3n) is 5.31. The number of nitrogens with zero attached hydrogens (tertiary/aromatic N) is 4. The number of aromatic nitrogens is 4. The number of nitrogens with one attached hydrogen (secondary N) is 1. The summed E-state index contributed by atoms with van der Waals surface area (Å²) in [5, 5.41) is 7.30. The average molecular weight is 423 g/mol. The molecule has 3 aromatic rings. The van der Waals surface area contributed by atoms with Crippen molar-refractivity contribution in [3.8, 4) is 0 Å². The maximum absolute atomic E-state index is 12.8. The summed E-state index contributed by atoms with van der Waals surface area (Å²) in [5.74, 6) is 0.179. The first-order valence-corrected chi connectivity index (χ1v) is 10.5. The quantitative estimate of drug-likeness (QED) is 0.632. The predicted molar refractivity (Wildman–Crippen MR) is 115 cm³/mol. The molecular formula is C22H25N5O4. The zero-order valence-electron chi connectivity index (χ0n) is 17.6. The van der Waals surface area contributed by atoms with Gasteiger partial charge in [0.25, 0.3) is 11.5 Å². The third kappa shape index (κ3) is 4.35. The van der Waals surface area contributed by atoms with Gasteiger partial charge in [0.05, 0.1) is 22.7 Å². The molecule has 0 radical (unpaired) electrons. The summed E-state index contributed by atoms with van der Waals surface area (Å²) in [4.78, 5) is 42.1. The fraction of sp³-hybridized carbons (Fsp3) is 0.409. The molecule has 1 N–H and O–H groups in total. The van der Waals surface area contributed by atoms with E-state index in [1.54, 1.807) is 33.6 Å². The van der Waals surface area contributed by atoms with Crippen LogP contribution in [0.2, 0.25) is 0 Å². The molecule has 31 heavy (non-hydrogen) atoms. The molecule has 0 fully saturated rings. The molecule has 3 heterocycles. The Hall–Kier alpha value is -3.49. The summed E-state index contributed by atoms with van der Waals surface area (Å²) in [6.07, 6.45) is 5.35. The van der Waals surface area contributed by atoms with E-state index in [9.17, 15) is 14.4 Å². The van der Waals surface area contributed by atoms with Crippen LogP contribution in [0.5, 0.6) is 0 Å². The molecule has 1 aromatic carbocycles. The van der Waals surface area contributed by atoms with E-state index in [1.165, 1.54) is 6.07 Å². The number of hydrogen-bond acceptors (Lipinski definition) is 6. The van der Waals surface area contributed by atoms with Crippen molar-refractivity contribution in [1.82, 2.24) is 19.3 Å². The maximum Gasteiger partial charge on any atom is 0.338 e. The van der Waals surface area contributed by atoms with Gasteiger partial charge in [0.15, 0.2) is 6.61 Å². The summed E-state index contributed by atoms with van der Waals surface area (Å²) < 4.78 is 8.56. The van der Waals surface area contributed by atoms with Crippen LogP contribution in [0.3, 0.4) is 0 Å². The number of rotatable bonds is 5. The van der Waals surface area contributed by atoms with Gasteiger partial charge in [-0.1, -0.05) is 6.42 Å². The van der Waals surface area contributed by atoms with Crippen molar-refractivity contribution >= 4 is 28.6 Å². The number of carbonyl (C=O) groups is 2. The molecule has 0 unspecified atom stereocenters. The first kappa shape index (κ1) is 20.8. The number of carbonyl (C=O) groups excluding carboxylic acids is 2. The maximum atomic E-state index is 12.8. The second kappa shape index (κ2) is 8.71. The molecule has 0 bridgehead atoms. The molecule has 0 spiro atoms. The molecule has 0 saturated carbocycles. The van der Waals surface area contributed by atoms with Crippen molar-refractivity contribution in [2.75, 3.05) is 11.9 Å². The van der Waals surface area contributed by atoms with Gasteiger partial charge in [-0.2, -0.15) is 5.10 Å². The van der Waals surface area contributed by atoms with Gasteiger partial charge < -0.3 is 10.1 Å². The van der Waals surface area contributed by atoms with Gasteiger partial charge in [0, 0.05) is 25.1 Å². The molecule has 1 amide bonds. The van der Waals surface area contributed by atoms with Gasteiger partial charge in [-0.3, -0.25) is 14.2 Å². The zero-order chi connectivity index (χ0) is 22.0. The number of aryl methyl sites for hydroxylation is 1. The molecule has 0 atom stereocenters. The summed E-state index contributed by atoms with van der Waals surface area (Å²) in [6.45, 7) is 4.13. The van der Waals surface area contributed by atoms with Gasteiger partial charge in [-0.25, -0.2) is 14.5 Å². The monoisotopic (exact) mass is 423 g/mol. The molecule has 0 aliphatic carbocycles. The highest BCUT2D eigenvalue weighted by atomic mass is 16.5. The van der Waals surface area contributed by atoms with Crippen LogP contribution >= 0.6 is 0 Å². The van der Waals surface area contributed by atoms with Crippen LogP contribution in [0.1, 0.15) is 55.3 Å². The fourth-order valence-corrected chi connectivity index (χ4v) is 3.76. The van der Waals surface area contributed by atoms with Crippen molar-refractivity contribution in [3.05, 3.63) is 52.2 Å². The SMILES string of the molecule is CC(C)n1nccc1NC(=O)COC(=O)c1ccc2c(=O)n3c(nc2c1)CCCCC3. The molecule has 1 aliphatic rings. The van der Waals surface area contributed by atoms with Crippen LogP contribution in [0.4, 0.5) is 5.82 Å². The lowest BCUT2D eigenvalue weighted by atomic mass is 10.1. The van der Waals surface area contributed by atoms with Gasteiger partial charge in [0.1, 0.15) is 11.6 Å². The number of hydrogen-bond donors (Lipinski definition) is 1. The van der Waals surface area contributed by atoms with Crippen LogP contribution in [-0.2, 0) is 22.5 Å². The van der Waals surface area contributed by atoms with Crippen LogP contribution in [-0.4, -0.2) is 37.8 Å². The standard InChI is InChI=1S/C22H25N5O4/c1-14(2)27-19(9-10-23-27)25-20(28)13-31-22(30)15-7-8-16-17(12-15)24-18-6-4-3-5-11-26(18)21(16)29/h7-10,12,14H,3-6,11,13H2,1-2H3,(H,25,28). The smallest absolute Gasteiger partial charge is 0.338 e. The van der Waals surface area contributed by atoms with Crippen LogP contribution < -0.4 is 10.9 Å². The second-order valence-corrected chi connectivity index (χ2v) is 7.91. The molecular weight excluding hydrogens is 398 g/mol. The Bertz CT molecular complexity index is 1190. The van der Waals surface area contributed by atoms with E-state index in [0.29, 0.717) is 23.3 Å². The molecule has 1 aliphatic heterocycles. The van der Waals surface area contributed by atoms with E-state index in [4.69, 9.17) is 4.74 Å². The highest BCUT2D eigenvalue weighted by Gasteiger charge is 2.17. The van der Waals surface area contributed by atoms with Crippen LogP contribution in [0.15, 0.2) is 35.3 Å². The Morgan fingerprint density at radius 3 is 2.84 bits per heavy atom. The van der Waals surface area contributed by atoms with E-state index in [-0.39, 0.29) is 17.2 Å².